The van der Waals surface area contributed by atoms with Crippen LogP contribution in [0.25, 0.3) is 0 Å². The third-order valence-corrected chi connectivity index (χ3v) is 5.30. The predicted octanol–water partition coefficient (Wildman–Crippen LogP) is 2.89. The molecule has 3 rings (SSSR count). The van der Waals surface area contributed by atoms with Gasteiger partial charge < -0.3 is 10.1 Å². The van der Waals surface area contributed by atoms with Crippen molar-refractivity contribution in [2.45, 2.75) is 44.9 Å². The van der Waals surface area contributed by atoms with Gasteiger partial charge in [-0.3, -0.25) is 9.48 Å². The van der Waals surface area contributed by atoms with Gasteiger partial charge in [-0.15, -0.1) is 0 Å². The highest BCUT2D eigenvalue weighted by molar-refractivity contribution is 5.93. The Balaban J connectivity index is 1.71. The van der Waals surface area contributed by atoms with Gasteiger partial charge in [0, 0.05) is 20.1 Å². The summed E-state index contributed by atoms with van der Waals surface area (Å²) in [6.07, 6.45) is -1.00. The molecule has 1 aromatic rings. The summed E-state index contributed by atoms with van der Waals surface area (Å²) in [6.45, 7) is 1.29. The molecule has 1 amide bonds. The Hall–Kier alpha value is -1.57. The van der Waals surface area contributed by atoms with E-state index in [0.29, 0.717) is 12.8 Å². The topological polar surface area (TPSA) is 56.1 Å². The van der Waals surface area contributed by atoms with E-state index in [1.165, 1.54) is 14.0 Å². The number of amides is 1. The first kappa shape index (κ1) is 16.3. The number of halogens is 3. The van der Waals surface area contributed by atoms with Gasteiger partial charge in [0.1, 0.15) is 11.4 Å². The maximum Gasteiger partial charge on any atom is 0.421 e. The number of rotatable bonds is 3. The molecule has 5 nitrogen and oxygen atoms in total. The molecule has 0 bridgehead atoms. The number of aromatic nitrogens is 2. The fourth-order valence-corrected chi connectivity index (χ4v) is 3.97. The lowest BCUT2D eigenvalue weighted by Crippen LogP contribution is -2.56. The smallest absolute Gasteiger partial charge is 0.381 e. The van der Waals surface area contributed by atoms with Crippen molar-refractivity contribution in [3.8, 4) is 0 Å². The van der Waals surface area contributed by atoms with E-state index in [1.807, 2.05) is 0 Å². The van der Waals surface area contributed by atoms with E-state index in [9.17, 15) is 18.0 Å². The average molecular weight is 331 g/mol. The first-order valence-electron chi connectivity index (χ1n) is 7.62. The third-order valence-electron chi connectivity index (χ3n) is 5.30. The zero-order chi connectivity index (χ0) is 17.0. The Labute approximate surface area is 132 Å². The molecular formula is C15H20F3N3O2. The number of anilines is 1. The van der Waals surface area contributed by atoms with Crippen LogP contribution in [0.15, 0.2) is 0 Å². The number of alkyl halides is 3. The minimum Gasteiger partial charge on any atom is -0.381 e. The third kappa shape index (κ3) is 2.52. The van der Waals surface area contributed by atoms with Crippen LogP contribution in [0.3, 0.4) is 0 Å². The first-order valence-corrected chi connectivity index (χ1v) is 7.62. The van der Waals surface area contributed by atoms with Crippen LogP contribution in [0.2, 0.25) is 0 Å². The van der Waals surface area contributed by atoms with Gasteiger partial charge in [0.25, 0.3) is 0 Å². The molecule has 2 aliphatic rings. The summed E-state index contributed by atoms with van der Waals surface area (Å²) >= 11 is 0. The molecule has 1 unspecified atom stereocenters. The molecule has 128 valence electrons. The van der Waals surface area contributed by atoms with Crippen LogP contribution in [0, 0.1) is 18.3 Å². The van der Waals surface area contributed by atoms with Crippen LogP contribution in [0.5, 0.6) is 0 Å². The minimum atomic E-state index is -4.54. The second-order valence-electron chi connectivity index (χ2n) is 6.65. The van der Waals surface area contributed by atoms with E-state index in [-0.39, 0.29) is 34.9 Å². The van der Waals surface area contributed by atoms with Gasteiger partial charge in [-0.05, 0) is 38.0 Å². The number of carbonyl (C=O) groups excluding carboxylic acids is 1. The van der Waals surface area contributed by atoms with E-state index in [1.54, 1.807) is 7.11 Å². The number of hydrogen-bond donors (Lipinski definition) is 1. The van der Waals surface area contributed by atoms with Crippen molar-refractivity contribution in [3.05, 3.63) is 11.3 Å². The number of carbonyl (C=O) groups is 1. The van der Waals surface area contributed by atoms with E-state index in [2.05, 4.69) is 10.4 Å². The summed E-state index contributed by atoms with van der Waals surface area (Å²) in [5.74, 6) is -0.909. The zero-order valence-electron chi connectivity index (χ0n) is 13.3. The molecule has 1 N–H and O–H groups in total. The van der Waals surface area contributed by atoms with E-state index >= 15 is 0 Å². The van der Waals surface area contributed by atoms with Gasteiger partial charge in [-0.1, -0.05) is 0 Å². The van der Waals surface area contributed by atoms with Crippen LogP contribution in [0.1, 0.15) is 36.9 Å². The summed E-state index contributed by atoms with van der Waals surface area (Å²) in [7, 11) is 3.06. The van der Waals surface area contributed by atoms with Crippen molar-refractivity contribution < 1.29 is 22.7 Å². The van der Waals surface area contributed by atoms with Gasteiger partial charge in [0.2, 0.25) is 5.91 Å². The van der Waals surface area contributed by atoms with Crippen LogP contribution in [-0.2, 0) is 22.8 Å². The molecule has 2 aliphatic carbocycles. The Morgan fingerprint density at radius 2 is 2.09 bits per heavy atom. The molecule has 2 fully saturated rings. The Morgan fingerprint density at radius 3 is 2.57 bits per heavy atom. The number of methoxy groups -OCH3 is 1. The molecule has 0 radical (unpaired) electrons. The number of nitrogens with zero attached hydrogens (tertiary/aromatic N) is 2. The van der Waals surface area contributed by atoms with Crippen LogP contribution in [-0.4, -0.2) is 28.9 Å². The number of nitrogens with one attached hydrogen (secondary N) is 1. The maximum atomic E-state index is 13.1. The molecular weight excluding hydrogens is 311 g/mol. The quantitative estimate of drug-likeness (QED) is 0.926. The largest absolute Gasteiger partial charge is 0.421 e. The normalized spacial score (nSPS) is 30.0. The fourth-order valence-electron chi connectivity index (χ4n) is 3.97. The van der Waals surface area contributed by atoms with Gasteiger partial charge in [-0.2, -0.15) is 18.3 Å². The van der Waals surface area contributed by atoms with Gasteiger partial charge in [0.15, 0.2) is 0 Å². The van der Waals surface area contributed by atoms with Crippen LogP contribution in [0.4, 0.5) is 19.0 Å². The molecule has 2 saturated carbocycles. The highest BCUT2D eigenvalue weighted by Crippen LogP contribution is 2.59. The summed E-state index contributed by atoms with van der Waals surface area (Å²) in [5, 5.41) is 6.20. The van der Waals surface area contributed by atoms with E-state index in [4.69, 9.17) is 4.74 Å². The minimum absolute atomic E-state index is 0.0615. The summed E-state index contributed by atoms with van der Waals surface area (Å²) < 4.78 is 45.9. The predicted molar refractivity (Wildman–Crippen MR) is 76.8 cm³/mol. The van der Waals surface area contributed by atoms with Crippen molar-refractivity contribution >= 4 is 11.7 Å². The number of aryl methyl sites for hydroxylation is 2. The highest BCUT2D eigenvalue weighted by Gasteiger charge is 2.57. The average Bonchev–Trinajstić information content (AvgIpc) is 2.61. The van der Waals surface area contributed by atoms with Crippen LogP contribution < -0.4 is 5.32 Å². The van der Waals surface area contributed by atoms with Gasteiger partial charge in [0.05, 0.1) is 11.8 Å². The SMILES string of the molecule is COC1CCC12CC(C(=O)Nc1c(C(F)(F)F)c(C)nn1C)C2. The molecule has 1 heterocycles. The lowest BCUT2D eigenvalue weighted by atomic mass is 9.50. The summed E-state index contributed by atoms with van der Waals surface area (Å²) in [6, 6.07) is 0. The van der Waals surface area contributed by atoms with E-state index < -0.39 is 11.7 Å². The molecule has 0 saturated heterocycles. The summed E-state index contributed by atoms with van der Waals surface area (Å²) in [4.78, 5) is 12.3. The van der Waals surface area contributed by atoms with E-state index in [0.717, 1.165) is 17.5 Å². The van der Waals surface area contributed by atoms with Crippen molar-refractivity contribution in [2.75, 3.05) is 12.4 Å². The van der Waals surface area contributed by atoms with Crippen molar-refractivity contribution in [1.82, 2.24) is 9.78 Å². The molecule has 0 aromatic carbocycles. The van der Waals surface area contributed by atoms with Crippen molar-refractivity contribution in [3.63, 3.8) is 0 Å². The molecule has 1 atom stereocenters. The lowest BCUT2D eigenvalue weighted by Gasteiger charge is -2.58. The van der Waals surface area contributed by atoms with Gasteiger partial charge in [-0.25, -0.2) is 0 Å². The monoisotopic (exact) mass is 331 g/mol. The molecule has 1 aromatic heterocycles. The highest BCUT2D eigenvalue weighted by atomic mass is 19.4. The lowest BCUT2D eigenvalue weighted by molar-refractivity contribution is -0.167. The number of hydrogen-bond acceptors (Lipinski definition) is 3. The standard InChI is InChI=1S/C15H20F3N3O2/c1-8-11(15(16,17)18)12(21(2)20-8)19-13(22)9-6-14(7-9)5-4-10(14)23-3/h9-10H,4-7H2,1-3H3,(H,19,22). The molecule has 0 aliphatic heterocycles. The zero-order valence-corrected chi connectivity index (χ0v) is 13.3. The first-order chi connectivity index (χ1) is 10.7. The second-order valence-corrected chi connectivity index (χ2v) is 6.65. The fraction of sp³-hybridized carbons (Fsp3) is 0.733. The second kappa shape index (κ2) is 5.22. The molecule has 23 heavy (non-hydrogen) atoms. The maximum absolute atomic E-state index is 13.1. The molecule has 8 heteroatoms. The number of ether oxygens (including phenoxy) is 1. The Morgan fingerprint density at radius 1 is 1.43 bits per heavy atom. The Kier molecular flexibility index (Phi) is 3.70. The van der Waals surface area contributed by atoms with Crippen molar-refractivity contribution in [1.29, 1.82) is 0 Å². The Bertz CT molecular complexity index is 631. The molecule has 1 spiro atoms. The summed E-state index contributed by atoms with van der Waals surface area (Å²) in [5.41, 5.74) is -0.953. The van der Waals surface area contributed by atoms with Crippen molar-refractivity contribution in [2.24, 2.45) is 18.4 Å². The van der Waals surface area contributed by atoms with Gasteiger partial charge >= 0.3 is 6.18 Å². The van der Waals surface area contributed by atoms with Crippen LogP contribution >= 0.6 is 0 Å².